The number of phenols is 1. The Labute approximate surface area is 117 Å². The minimum Gasteiger partial charge on any atom is -0.508 e. The summed E-state index contributed by atoms with van der Waals surface area (Å²) < 4.78 is 0. The molecule has 0 aromatic heterocycles. The Morgan fingerprint density at radius 2 is 1.95 bits per heavy atom. The van der Waals surface area contributed by atoms with Crippen LogP contribution in [0.1, 0.15) is 46.4 Å². The first-order valence-corrected chi connectivity index (χ1v) is 6.58. The Morgan fingerprint density at radius 1 is 1.25 bits per heavy atom. The third-order valence-corrected chi connectivity index (χ3v) is 3.53. The number of rotatable bonds is 4. The van der Waals surface area contributed by atoms with Gasteiger partial charge in [0.05, 0.1) is 0 Å². The molecule has 0 heterocycles. The average molecular weight is 272 g/mol. The molecule has 1 aliphatic carbocycles. The zero-order valence-electron chi connectivity index (χ0n) is 11.1. The van der Waals surface area contributed by atoms with Gasteiger partial charge in [0.1, 0.15) is 11.5 Å². The average Bonchev–Trinajstić information content (AvgIpc) is 2.45. The van der Waals surface area contributed by atoms with Crippen molar-refractivity contribution in [1.29, 1.82) is 0 Å². The lowest BCUT2D eigenvalue weighted by Gasteiger charge is -2.19. The highest BCUT2D eigenvalue weighted by atomic mass is 16.3. The Hall–Kier alpha value is -2.23. The van der Waals surface area contributed by atoms with E-state index >= 15 is 0 Å². The molecule has 0 radical (unpaired) electrons. The predicted molar refractivity (Wildman–Crippen MR) is 73.9 cm³/mol. The van der Waals surface area contributed by atoms with Gasteiger partial charge in [-0.1, -0.05) is 6.58 Å². The number of hydrogen-bond donors (Lipinski definition) is 1. The van der Waals surface area contributed by atoms with Crippen molar-refractivity contribution < 1.29 is 19.5 Å². The van der Waals surface area contributed by atoms with Crippen LogP contribution < -0.4 is 0 Å². The third kappa shape index (κ3) is 3.02. The molecule has 2 rings (SSSR count). The van der Waals surface area contributed by atoms with Crippen LogP contribution in [-0.4, -0.2) is 22.5 Å². The molecule has 1 N–H and O–H groups in total. The summed E-state index contributed by atoms with van der Waals surface area (Å²) in [5.74, 6) is -0.924. The molecule has 0 saturated heterocycles. The summed E-state index contributed by atoms with van der Waals surface area (Å²) in [6.07, 6.45) is 3.30. The number of benzene rings is 1. The van der Waals surface area contributed by atoms with Gasteiger partial charge in [0.15, 0.2) is 11.6 Å². The van der Waals surface area contributed by atoms with Crippen LogP contribution in [0.25, 0.3) is 0 Å². The zero-order valence-corrected chi connectivity index (χ0v) is 11.1. The highest BCUT2D eigenvalue weighted by molar-refractivity contribution is 6.07. The van der Waals surface area contributed by atoms with Gasteiger partial charge < -0.3 is 5.11 Å². The van der Waals surface area contributed by atoms with Gasteiger partial charge in [-0.2, -0.15) is 0 Å². The van der Waals surface area contributed by atoms with E-state index in [0.717, 1.165) is 6.08 Å². The first-order valence-electron chi connectivity index (χ1n) is 6.58. The molecule has 1 aromatic carbocycles. The molecular weight excluding hydrogens is 256 g/mol. The van der Waals surface area contributed by atoms with Crippen LogP contribution in [0.2, 0.25) is 0 Å². The standard InChI is InChI=1S/C16H16O4/c1-2-15(19)11-6-12(9-14(18)8-11)16(20)10-4-3-5-13(17)7-10/h2,6,8-10,18H,1,3-5,7H2. The summed E-state index contributed by atoms with van der Waals surface area (Å²) in [5.41, 5.74) is 0.500. The van der Waals surface area contributed by atoms with E-state index in [1.165, 1.54) is 18.2 Å². The molecule has 1 atom stereocenters. The van der Waals surface area contributed by atoms with Crippen molar-refractivity contribution in [2.24, 2.45) is 5.92 Å². The lowest BCUT2D eigenvalue weighted by atomic mass is 9.83. The van der Waals surface area contributed by atoms with Crippen LogP contribution in [0.4, 0.5) is 0 Å². The first kappa shape index (κ1) is 14.2. The Balaban J connectivity index is 2.29. The summed E-state index contributed by atoms with van der Waals surface area (Å²) in [7, 11) is 0. The van der Waals surface area contributed by atoms with Gasteiger partial charge in [0.25, 0.3) is 0 Å². The van der Waals surface area contributed by atoms with Crippen LogP contribution >= 0.6 is 0 Å². The van der Waals surface area contributed by atoms with Crippen LogP contribution in [0.15, 0.2) is 30.9 Å². The fourth-order valence-electron chi connectivity index (χ4n) is 2.50. The van der Waals surface area contributed by atoms with E-state index in [9.17, 15) is 19.5 Å². The van der Waals surface area contributed by atoms with E-state index < -0.39 is 0 Å². The molecule has 104 valence electrons. The van der Waals surface area contributed by atoms with Crippen molar-refractivity contribution in [2.45, 2.75) is 25.7 Å². The van der Waals surface area contributed by atoms with Gasteiger partial charge >= 0.3 is 0 Å². The number of allylic oxidation sites excluding steroid dienone is 1. The van der Waals surface area contributed by atoms with Gasteiger partial charge in [-0.05, 0) is 37.1 Å². The maximum Gasteiger partial charge on any atom is 0.185 e. The van der Waals surface area contributed by atoms with Crippen molar-refractivity contribution in [3.8, 4) is 5.75 Å². The van der Waals surface area contributed by atoms with Crippen molar-refractivity contribution in [3.63, 3.8) is 0 Å². The topological polar surface area (TPSA) is 71.4 Å². The summed E-state index contributed by atoms with van der Waals surface area (Å²) >= 11 is 0. The van der Waals surface area contributed by atoms with Crippen LogP contribution in [0.5, 0.6) is 5.75 Å². The minimum atomic E-state index is -0.352. The molecule has 4 nitrogen and oxygen atoms in total. The van der Waals surface area contributed by atoms with Gasteiger partial charge in [-0.15, -0.1) is 0 Å². The van der Waals surface area contributed by atoms with E-state index in [2.05, 4.69) is 6.58 Å². The minimum absolute atomic E-state index is 0.0946. The summed E-state index contributed by atoms with van der Waals surface area (Å²) in [6.45, 7) is 3.38. The summed E-state index contributed by atoms with van der Waals surface area (Å²) in [6, 6.07) is 4.08. The van der Waals surface area contributed by atoms with E-state index in [1.807, 2.05) is 0 Å². The second-order valence-electron chi connectivity index (χ2n) is 5.03. The lowest BCUT2D eigenvalue weighted by Crippen LogP contribution is -2.23. The number of ketones is 3. The molecule has 0 bridgehead atoms. The van der Waals surface area contributed by atoms with Crippen molar-refractivity contribution >= 4 is 17.3 Å². The normalized spacial score (nSPS) is 18.6. The smallest absolute Gasteiger partial charge is 0.185 e. The number of carbonyl (C=O) groups excluding carboxylic acids is 3. The Bertz CT molecular complexity index is 586. The number of hydrogen-bond acceptors (Lipinski definition) is 4. The van der Waals surface area contributed by atoms with Crippen molar-refractivity contribution in [2.75, 3.05) is 0 Å². The molecule has 1 unspecified atom stereocenters. The van der Waals surface area contributed by atoms with Gasteiger partial charge in [-0.25, -0.2) is 0 Å². The fraction of sp³-hybridized carbons (Fsp3) is 0.312. The largest absolute Gasteiger partial charge is 0.508 e. The molecule has 4 heteroatoms. The molecule has 20 heavy (non-hydrogen) atoms. The quantitative estimate of drug-likeness (QED) is 0.675. The monoisotopic (exact) mass is 272 g/mol. The molecule has 1 fully saturated rings. The van der Waals surface area contributed by atoms with Gasteiger partial charge in [0, 0.05) is 29.9 Å². The van der Waals surface area contributed by atoms with E-state index in [1.54, 1.807) is 0 Å². The lowest BCUT2D eigenvalue weighted by molar-refractivity contribution is -0.121. The van der Waals surface area contributed by atoms with E-state index in [4.69, 9.17) is 0 Å². The van der Waals surface area contributed by atoms with Crippen molar-refractivity contribution in [1.82, 2.24) is 0 Å². The highest BCUT2D eigenvalue weighted by Crippen LogP contribution is 2.27. The Morgan fingerprint density at radius 3 is 2.60 bits per heavy atom. The molecule has 0 spiro atoms. The van der Waals surface area contributed by atoms with Gasteiger partial charge in [-0.3, -0.25) is 14.4 Å². The SMILES string of the molecule is C=CC(=O)c1cc(O)cc(C(=O)C2CCCC(=O)C2)c1. The number of Topliss-reactive ketones (excluding diaryl/α,β-unsaturated/α-hetero) is 2. The number of aromatic hydroxyl groups is 1. The van der Waals surface area contributed by atoms with E-state index in [-0.39, 0.29) is 46.6 Å². The maximum absolute atomic E-state index is 12.4. The molecule has 1 saturated carbocycles. The fourth-order valence-corrected chi connectivity index (χ4v) is 2.50. The van der Waals surface area contributed by atoms with Crippen molar-refractivity contribution in [3.05, 3.63) is 42.0 Å². The Kier molecular flexibility index (Phi) is 4.13. The number of phenolic OH excluding ortho intramolecular Hbond substituents is 1. The third-order valence-electron chi connectivity index (χ3n) is 3.53. The highest BCUT2D eigenvalue weighted by Gasteiger charge is 2.27. The molecular formula is C16H16O4. The van der Waals surface area contributed by atoms with Crippen LogP contribution in [-0.2, 0) is 4.79 Å². The predicted octanol–water partition coefficient (Wildman–Crippen LogP) is 2.70. The second-order valence-corrected chi connectivity index (χ2v) is 5.03. The number of carbonyl (C=O) groups is 3. The summed E-state index contributed by atoms with van der Waals surface area (Å²) in [5, 5.41) is 9.63. The maximum atomic E-state index is 12.4. The first-order chi connectivity index (χ1) is 9.51. The molecule has 0 amide bonds. The summed E-state index contributed by atoms with van der Waals surface area (Å²) in [4.78, 5) is 35.4. The second kappa shape index (κ2) is 5.82. The van der Waals surface area contributed by atoms with Crippen LogP contribution in [0, 0.1) is 5.92 Å². The molecule has 1 aromatic rings. The molecule has 0 aliphatic heterocycles. The van der Waals surface area contributed by atoms with Crippen LogP contribution in [0.3, 0.4) is 0 Å². The molecule has 1 aliphatic rings. The zero-order chi connectivity index (χ0) is 14.7. The van der Waals surface area contributed by atoms with Gasteiger partial charge in [0.2, 0.25) is 0 Å². The van der Waals surface area contributed by atoms with E-state index in [0.29, 0.717) is 19.3 Å².